The van der Waals surface area contributed by atoms with Crippen LogP contribution in [0.5, 0.6) is 0 Å². The second kappa shape index (κ2) is 3.99. The number of amidine groups is 1. The zero-order valence-electron chi connectivity index (χ0n) is 4.15. The van der Waals surface area contributed by atoms with Gasteiger partial charge in [0.15, 0.2) is 0 Å². The van der Waals surface area contributed by atoms with Gasteiger partial charge in [-0.1, -0.05) is 0 Å². The molecule has 0 atom stereocenters. The Balaban J connectivity index is 2.82. The van der Waals surface area contributed by atoms with E-state index in [4.69, 9.17) is 11.1 Å². The molecule has 0 saturated carbocycles. The highest BCUT2D eigenvalue weighted by Gasteiger charge is 1.84. The molecule has 0 unspecified atom stereocenters. The molecular weight excluding hydrogens is 108 g/mol. The van der Waals surface area contributed by atoms with E-state index in [9.17, 15) is 0 Å². The van der Waals surface area contributed by atoms with Gasteiger partial charge in [0, 0.05) is 6.42 Å². The summed E-state index contributed by atoms with van der Waals surface area (Å²) in [6, 6.07) is 0. The van der Waals surface area contributed by atoms with Crippen LogP contribution in [0.3, 0.4) is 0 Å². The van der Waals surface area contributed by atoms with Crippen molar-refractivity contribution < 1.29 is 0 Å². The summed E-state index contributed by atoms with van der Waals surface area (Å²) in [5.74, 6) is 1.08. The molecule has 0 spiro atoms. The number of hydrogen-bond acceptors (Lipinski definition) is 2. The highest BCUT2D eigenvalue weighted by atomic mass is 32.1. The number of nitrogens with two attached hydrogens (primary N) is 1. The molecule has 0 radical (unpaired) electrons. The van der Waals surface area contributed by atoms with Gasteiger partial charge in [-0.25, -0.2) is 0 Å². The van der Waals surface area contributed by atoms with Crippen LogP contribution in [-0.4, -0.2) is 11.6 Å². The molecule has 0 aromatic rings. The highest BCUT2D eigenvalue weighted by molar-refractivity contribution is 7.80. The lowest BCUT2D eigenvalue weighted by Gasteiger charge is -1.90. The molecule has 0 amide bonds. The Morgan fingerprint density at radius 3 is 2.43 bits per heavy atom. The quantitative estimate of drug-likeness (QED) is 0.284. The van der Waals surface area contributed by atoms with Crippen LogP contribution in [-0.2, 0) is 0 Å². The van der Waals surface area contributed by atoms with Crippen molar-refractivity contribution in [2.45, 2.75) is 12.8 Å². The lowest BCUT2D eigenvalue weighted by Crippen LogP contribution is -2.08. The SMILES string of the molecule is N=C(N)CCCS. The summed E-state index contributed by atoms with van der Waals surface area (Å²) < 4.78 is 0. The van der Waals surface area contributed by atoms with Gasteiger partial charge in [-0.05, 0) is 12.2 Å². The molecule has 0 fully saturated rings. The third kappa shape index (κ3) is 5.82. The molecule has 3 heteroatoms. The van der Waals surface area contributed by atoms with Crippen molar-refractivity contribution in [2.24, 2.45) is 5.73 Å². The van der Waals surface area contributed by atoms with Gasteiger partial charge in [-0.3, -0.25) is 5.41 Å². The van der Waals surface area contributed by atoms with E-state index in [2.05, 4.69) is 12.6 Å². The molecule has 0 aliphatic carbocycles. The topological polar surface area (TPSA) is 49.9 Å². The van der Waals surface area contributed by atoms with Crippen LogP contribution in [0.1, 0.15) is 12.8 Å². The van der Waals surface area contributed by atoms with E-state index in [1.165, 1.54) is 0 Å². The normalized spacial score (nSPS) is 8.71. The molecule has 42 valence electrons. The van der Waals surface area contributed by atoms with Gasteiger partial charge < -0.3 is 5.73 Å². The fourth-order valence-electron chi connectivity index (χ4n) is 0.270. The summed E-state index contributed by atoms with van der Waals surface area (Å²) in [4.78, 5) is 0. The monoisotopic (exact) mass is 118 g/mol. The summed E-state index contributed by atoms with van der Waals surface area (Å²) >= 11 is 3.94. The fraction of sp³-hybridized carbons (Fsp3) is 0.750. The van der Waals surface area contributed by atoms with Crippen molar-refractivity contribution >= 4 is 18.5 Å². The summed E-state index contributed by atoms with van der Waals surface area (Å²) in [6.45, 7) is 0. The third-order valence-electron chi connectivity index (χ3n) is 0.604. The first-order chi connectivity index (χ1) is 3.27. The minimum Gasteiger partial charge on any atom is -0.388 e. The molecular formula is C4H10N2S. The Hall–Kier alpha value is -0.180. The zero-order valence-corrected chi connectivity index (χ0v) is 5.04. The Labute approximate surface area is 49.0 Å². The molecule has 0 rings (SSSR count). The summed E-state index contributed by atoms with van der Waals surface area (Å²) in [6.07, 6.45) is 1.60. The summed E-state index contributed by atoms with van der Waals surface area (Å²) in [7, 11) is 0. The minimum absolute atomic E-state index is 0.258. The standard InChI is InChI=1S/C4H10N2S/c5-4(6)2-1-3-7/h7H,1-3H2,(H3,5,6). The molecule has 0 bridgehead atoms. The van der Waals surface area contributed by atoms with Crippen molar-refractivity contribution in [2.75, 3.05) is 5.75 Å². The van der Waals surface area contributed by atoms with Crippen LogP contribution >= 0.6 is 12.6 Å². The molecule has 0 aromatic carbocycles. The van der Waals surface area contributed by atoms with Crippen LogP contribution in [0.2, 0.25) is 0 Å². The van der Waals surface area contributed by atoms with E-state index in [1.807, 2.05) is 0 Å². The van der Waals surface area contributed by atoms with Crippen molar-refractivity contribution in [1.29, 1.82) is 5.41 Å². The molecule has 0 aromatic heterocycles. The van der Waals surface area contributed by atoms with Crippen LogP contribution in [0, 0.1) is 5.41 Å². The zero-order chi connectivity index (χ0) is 5.70. The van der Waals surface area contributed by atoms with E-state index in [-0.39, 0.29) is 5.84 Å². The van der Waals surface area contributed by atoms with E-state index < -0.39 is 0 Å². The number of thiol groups is 1. The summed E-state index contributed by atoms with van der Waals surface area (Å²) in [5.41, 5.74) is 5.03. The van der Waals surface area contributed by atoms with Crippen LogP contribution < -0.4 is 5.73 Å². The van der Waals surface area contributed by atoms with Gasteiger partial charge >= 0.3 is 0 Å². The van der Waals surface area contributed by atoms with Gasteiger partial charge in [-0.2, -0.15) is 12.6 Å². The number of rotatable bonds is 3. The van der Waals surface area contributed by atoms with Crippen molar-refractivity contribution in [3.8, 4) is 0 Å². The van der Waals surface area contributed by atoms with Gasteiger partial charge in [0.1, 0.15) is 0 Å². The van der Waals surface area contributed by atoms with Gasteiger partial charge in [-0.15, -0.1) is 0 Å². The maximum atomic E-state index is 6.74. The first-order valence-corrected chi connectivity index (χ1v) is 2.84. The fourth-order valence-corrected chi connectivity index (χ4v) is 0.428. The third-order valence-corrected chi connectivity index (χ3v) is 0.920. The van der Waals surface area contributed by atoms with E-state index in [0.717, 1.165) is 12.2 Å². The molecule has 0 heterocycles. The van der Waals surface area contributed by atoms with Gasteiger partial charge in [0.05, 0.1) is 5.84 Å². The van der Waals surface area contributed by atoms with Gasteiger partial charge in [0.2, 0.25) is 0 Å². The molecule has 0 saturated heterocycles. The van der Waals surface area contributed by atoms with E-state index in [1.54, 1.807) is 0 Å². The second-order valence-electron chi connectivity index (χ2n) is 1.35. The highest BCUT2D eigenvalue weighted by Crippen LogP contribution is 1.87. The first kappa shape index (κ1) is 6.82. The van der Waals surface area contributed by atoms with Crippen LogP contribution in [0.15, 0.2) is 0 Å². The summed E-state index contributed by atoms with van der Waals surface area (Å²) in [5, 5.41) is 6.74. The van der Waals surface area contributed by atoms with Crippen molar-refractivity contribution in [3.05, 3.63) is 0 Å². The molecule has 3 N–H and O–H groups in total. The Kier molecular flexibility index (Phi) is 3.89. The predicted molar refractivity (Wildman–Crippen MR) is 35.0 cm³/mol. The Bertz CT molecular complexity index is 62.7. The van der Waals surface area contributed by atoms with Crippen molar-refractivity contribution in [3.63, 3.8) is 0 Å². The molecule has 7 heavy (non-hydrogen) atoms. The van der Waals surface area contributed by atoms with E-state index in [0.29, 0.717) is 6.42 Å². The van der Waals surface area contributed by atoms with Crippen molar-refractivity contribution in [1.82, 2.24) is 0 Å². The van der Waals surface area contributed by atoms with Crippen LogP contribution in [0.4, 0.5) is 0 Å². The number of hydrogen-bond donors (Lipinski definition) is 3. The maximum Gasteiger partial charge on any atom is 0.0905 e. The lowest BCUT2D eigenvalue weighted by atomic mass is 10.3. The first-order valence-electron chi connectivity index (χ1n) is 2.21. The average Bonchev–Trinajstić information content (AvgIpc) is 1.61. The predicted octanol–water partition coefficient (Wildman–Crippen LogP) is 0.632. The number of nitrogens with one attached hydrogen (secondary N) is 1. The Morgan fingerprint density at radius 1 is 1.71 bits per heavy atom. The lowest BCUT2D eigenvalue weighted by molar-refractivity contribution is 0.992. The van der Waals surface area contributed by atoms with Gasteiger partial charge in [0.25, 0.3) is 0 Å². The average molecular weight is 118 g/mol. The smallest absolute Gasteiger partial charge is 0.0905 e. The maximum absolute atomic E-state index is 6.74. The molecule has 0 aliphatic heterocycles. The largest absolute Gasteiger partial charge is 0.388 e. The minimum atomic E-state index is 0.258. The van der Waals surface area contributed by atoms with E-state index >= 15 is 0 Å². The Morgan fingerprint density at radius 2 is 2.29 bits per heavy atom. The molecule has 2 nitrogen and oxygen atoms in total. The molecule has 0 aliphatic rings. The second-order valence-corrected chi connectivity index (χ2v) is 1.80. The van der Waals surface area contributed by atoms with Crippen LogP contribution in [0.25, 0.3) is 0 Å².